The van der Waals surface area contributed by atoms with Gasteiger partial charge in [-0.05, 0) is 11.6 Å². The van der Waals surface area contributed by atoms with E-state index in [0.29, 0.717) is 12.4 Å². The monoisotopic (exact) mass is 323 g/mol. The third-order valence-electron chi connectivity index (χ3n) is 4.31. The predicted molar refractivity (Wildman–Crippen MR) is 86.6 cm³/mol. The van der Waals surface area contributed by atoms with Crippen molar-refractivity contribution in [1.29, 1.82) is 0 Å². The van der Waals surface area contributed by atoms with E-state index in [1.54, 1.807) is 4.68 Å². The Hall–Kier alpha value is -3.29. The van der Waals surface area contributed by atoms with Gasteiger partial charge in [-0.1, -0.05) is 12.1 Å². The van der Waals surface area contributed by atoms with Gasteiger partial charge in [-0.15, -0.1) is 0 Å². The molecular formula is C16H15N6O2+. The van der Waals surface area contributed by atoms with Crippen LogP contribution in [0.2, 0.25) is 0 Å². The van der Waals surface area contributed by atoms with Crippen LogP contribution in [-0.2, 0) is 13.5 Å². The van der Waals surface area contributed by atoms with Crippen molar-refractivity contribution in [2.45, 2.75) is 12.5 Å². The Kier molecular flexibility index (Phi) is 3.23. The number of pyridine rings is 1. The van der Waals surface area contributed by atoms with Crippen molar-refractivity contribution in [2.75, 3.05) is 5.32 Å². The van der Waals surface area contributed by atoms with E-state index in [1.807, 2.05) is 48.1 Å². The molecule has 0 saturated heterocycles. The molecule has 3 aromatic rings. The number of aromatic nitrogens is 4. The highest BCUT2D eigenvalue weighted by atomic mass is 16.6. The molecule has 1 aliphatic rings. The molecule has 1 atom stereocenters. The Bertz CT molecular complexity index is 978. The second kappa shape index (κ2) is 5.41. The normalized spacial score (nSPS) is 16.4. The number of fused-ring (bicyclic) bond motifs is 2. The Morgan fingerprint density at radius 2 is 2.21 bits per heavy atom. The maximum atomic E-state index is 11.4. The highest BCUT2D eigenvalue weighted by Crippen LogP contribution is 2.30. The number of nitro groups is 1. The fraction of sp³-hybridized carbons (Fsp3) is 0.188. The van der Waals surface area contributed by atoms with Crippen LogP contribution in [0, 0.1) is 10.1 Å². The fourth-order valence-electron chi connectivity index (χ4n) is 3.12. The largest absolute Gasteiger partial charge is 0.325 e. The third-order valence-corrected chi connectivity index (χ3v) is 4.31. The fourth-order valence-corrected chi connectivity index (χ4v) is 3.12. The summed E-state index contributed by atoms with van der Waals surface area (Å²) < 4.78 is 3.60. The second-order valence-electron chi connectivity index (χ2n) is 5.69. The smallest absolute Gasteiger partial charge is 0.286 e. The number of nitrogens with zero attached hydrogens (tertiary/aromatic N) is 5. The maximum Gasteiger partial charge on any atom is 0.286 e. The summed E-state index contributed by atoms with van der Waals surface area (Å²) >= 11 is 0. The summed E-state index contributed by atoms with van der Waals surface area (Å²) in [7, 11) is 1.98. The van der Waals surface area contributed by atoms with Gasteiger partial charge in [0.2, 0.25) is 11.5 Å². The van der Waals surface area contributed by atoms with Crippen molar-refractivity contribution in [3.05, 3.63) is 70.4 Å². The highest BCUT2D eigenvalue weighted by molar-refractivity contribution is 5.79. The average Bonchev–Trinajstić information content (AvgIpc) is 3.06. The first-order valence-electron chi connectivity index (χ1n) is 7.52. The van der Waals surface area contributed by atoms with Gasteiger partial charge in [-0.25, -0.2) is 9.25 Å². The van der Waals surface area contributed by atoms with Gasteiger partial charge < -0.3 is 5.32 Å². The molecule has 120 valence electrons. The Morgan fingerprint density at radius 3 is 3.04 bits per heavy atom. The molecule has 0 amide bonds. The van der Waals surface area contributed by atoms with Crippen molar-refractivity contribution >= 4 is 16.9 Å². The number of benzene rings is 1. The van der Waals surface area contributed by atoms with Gasteiger partial charge >= 0.3 is 0 Å². The van der Waals surface area contributed by atoms with E-state index in [0.717, 1.165) is 16.5 Å². The molecule has 8 heteroatoms. The molecule has 24 heavy (non-hydrogen) atoms. The van der Waals surface area contributed by atoms with Gasteiger partial charge in [0, 0.05) is 23.9 Å². The molecule has 4 rings (SSSR count). The van der Waals surface area contributed by atoms with Gasteiger partial charge in [-0.3, -0.25) is 10.1 Å². The first kappa shape index (κ1) is 14.3. The number of hydrogen-bond donors (Lipinski definition) is 1. The number of hydrogen-bond acceptors (Lipinski definition) is 5. The summed E-state index contributed by atoms with van der Waals surface area (Å²) in [5, 5.41) is 19.5. The first-order valence-corrected chi connectivity index (χ1v) is 7.52. The summed E-state index contributed by atoms with van der Waals surface area (Å²) in [5.74, 6) is 0.511. The lowest BCUT2D eigenvalue weighted by Crippen LogP contribution is -2.30. The lowest BCUT2D eigenvalue weighted by atomic mass is 9.99. The molecule has 0 radical (unpaired) electrons. The molecular weight excluding hydrogens is 308 g/mol. The van der Waals surface area contributed by atoms with Crippen molar-refractivity contribution in [3.8, 4) is 0 Å². The topological polar surface area (TPSA) is 89.8 Å². The second-order valence-corrected chi connectivity index (χ2v) is 5.69. The van der Waals surface area contributed by atoms with Crippen molar-refractivity contribution < 1.29 is 9.49 Å². The average molecular weight is 323 g/mol. The Morgan fingerprint density at radius 1 is 1.38 bits per heavy atom. The minimum Gasteiger partial charge on any atom is -0.325 e. The zero-order valence-corrected chi connectivity index (χ0v) is 13.0. The van der Waals surface area contributed by atoms with Gasteiger partial charge in [-0.2, -0.15) is 10.1 Å². The zero-order valence-electron chi connectivity index (χ0n) is 13.0. The SMILES string of the molecule is C[n+]1ccc(CC2C([N+](=O)[O-])=CNc3ncnn32)c2ccccc21. The van der Waals surface area contributed by atoms with E-state index < -0.39 is 6.04 Å². The minimum atomic E-state index is -0.505. The summed E-state index contributed by atoms with van der Waals surface area (Å²) in [4.78, 5) is 15.2. The van der Waals surface area contributed by atoms with Crippen LogP contribution in [0.15, 0.2) is 54.8 Å². The maximum absolute atomic E-state index is 11.4. The number of rotatable bonds is 3. The summed E-state index contributed by atoms with van der Waals surface area (Å²) in [6.45, 7) is 0. The molecule has 1 N–H and O–H groups in total. The number of aryl methyl sites for hydroxylation is 1. The Labute approximate surface area is 137 Å². The number of nitrogens with one attached hydrogen (secondary N) is 1. The van der Waals surface area contributed by atoms with E-state index in [1.165, 1.54) is 12.5 Å². The standard InChI is InChI=1S/C16H15N6O2/c1-20-7-6-11(12-4-2-3-5-13(12)20)8-14-15(22(23)24)9-17-16-18-10-19-21(14)16/h2-7,9-10,14H,8H2,1H3,(H,17,18,19)/q+1. The molecule has 0 bridgehead atoms. The van der Waals surface area contributed by atoms with Crippen LogP contribution in [0.25, 0.3) is 10.9 Å². The van der Waals surface area contributed by atoms with Crippen LogP contribution in [0.5, 0.6) is 0 Å². The van der Waals surface area contributed by atoms with Crippen LogP contribution in [0.3, 0.4) is 0 Å². The van der Waals surface area contributed by atoms with Crippen molar-refractivity contribution in [1.82, 2.24) is 14.8 Å². The first-order chi connectivity index (χ1) is 11.6. The lowest BCUT2D eigenvalue weighted by Gasteiger charge is -2.20. The van der Waals surface area contributed by atoms with Crippen LogP contribution in [0.1, 0.15) is 11.6 Å². The number of para-hydroxylation sites is 1. The molecule has 0 fully saturated rings. The van der Waals surface area contributed by atoms with Gasteiger partial charge in [0.25, 0.3) is 5.70 Å². The molecule has 2 aromatic heterocycles. The molecule has 0 spiro atoms. The van der Waals surface area contributed by atoms with Gasteiger partial charge in [0.05, 0.1) is 11.1 Å². The number of allylic oxidation sites excluding steroid dienone is 1. The summed E-state index contributed by atoms with van der Waals surface area (Å²) in [5.41, 5.74) is 2.18. The van der Waals surface area contributed by atoms with Gasteiger partial charge in [0.15, 0.2) is 12.2 Å². The van der Waals surface area contributed by atoms with Gasteiger partial charge in [0.1, 0.15) is 13.4 Å². The molecule has 1 aliphatic heterocycles. The highest BCUT2D eigenvalue weighted by Gasteiger charge is 2.33. The molecule has 3 heterocycles. The van der Waals surface area contributed by atoms with Crippen LogP contribution in [0.4, 0.5) is 5.95 Å². The van der Waals surface area contributed by atoms with Crippen LogP contribution < -0.4 is 9.88 Å². The summed E-state index contributed by atoms with van der Waals surface area (Å²) in [6, 6.07) is 9.51. The number of anilines is 1. The summed E-state index contributed by atoms with van der Waals surface area (Å²) in [6.07, 6.45) is 5.23. The third kappa shape index (κ3) is 2.19. The quantitative estimate of drug-likeness (QED) is 0.449. The Balaban J connectivity index is 1.82. The molecule has 8 nitrogen and oxygen atoms in total. The van der Waals surface area contributed by atoms with Crippen LogP contribution >= 0.6 is 0 Å². The molecule has 0 aliphatic carbocycles. The van der Waals surface area contributed by atoms with Crippen LogP contribution in [-0.4, -0.2) is 19.7 Å². The molecule has 1 unspecified atom stereocenters. The van der Waals surface area contributed by atoms with E-state index in [9.17, 15) is 10.1 Å². The van der Waals surface area contributed by atoms with E-state index in [-0.39, 0.29) is 10.6 Å². The zero-order chi connectivity index (χ0) is 16.7. The van der Waals surface area contributed by atoms with E-state index in [4.69, 9.17) is 0 Å². The van der Waals surface area contributed by atoms with E-state index >= 15 is 0 Å². The molecule has 0 saturated carbocycles. The molecule has 1 aromatic carbocycles. The van der Waals surface area contributed by atoms with Crippen molar-refractivity contribution in [3.63, 3.8) is 0 Å². The van der Waals surface area contributed by atoms with E-state index in [2.05, 4.69) is 15.4 Å². The minimum absolute atomic E-state index is 0.0744. The predicted octanol–water partition coefficient (Wildman–Crippen LogP) is 1.58. The van der Waals surface area contributed by atoms with Crippen molar-refractivity contribution in [2.24, 2.45) is 7.05 Å². The lowest BCUT2D eigenvalue weighted by molar-refractivity contribution is -0.644.